The molecule has 0 aliphatic rings. The number of benzene rings is 1. The minimum absolute atomic E-state index is 0.0183. The van der Waals surface area contributed by atoms with Gasteiger partial charge in [0.2, 0.25) is 0 Å². The van der Waals surface area contributed by atoms with Gasteiger partial charge in [-0.05, 0) is 24.1 Å². The number of aromatic amines is 1. The lowest BCUT2D eigenvalue weighted by Gasteiger charge is -2.00. The largest absolute Gasteiger partial charge is 0.312 e. The number of aryl methyl sites for hydroxylation is 1. The van der Waals surface area contributed by atoms with Gasteiger partial charge in [0.25, 0.3) is 0 Å². The molecule has 0 bridgehead atoms. The fourth-order valence-electron chi connectivity index (χ4n) is 1.46. The first-order valence-electron chi connectivity index (χ1n) is 4.68. The van der Waals surface area contributed by atoms with Crippen molar-refractivity contribution in [2.75, 3.05) is 0 Å². The fourth-order valence-corrected chi connectivity index (χ4v) is 2.52. The van der Waals surface area contributed by atoms with Crippen LogP contribution in [-0.4, -0.2) is 4.98 Å². The minimum atomic E-state index is 0.0183. The summed E-state index contributed by atoms with van der Waals surface area (Å²) in [5.74, 6) is 0. The molecule has 1 N–H and O–H groups in total. The molecule has 0 fully saturated rings. The van der Waals surface area contributed by atoms with E-state index in [1.807, 2.05) is 24.3 Å². The smallest absolute Gasteiger partial charge is 0.305 e. The molecule has 0 amide bonds. The molecular weight excluding hydrogens is 274 g/mol. The number of thiazole rings is 1. The molecular formula is C11H10BrNOS. The molecule has 2 rings (SSSR count). The van der Waals surface area contributed by atoms with E-state index in [0.29, 0.717) is 0 Å². The van der Waals surface area contributed by atoms with Crippen LogP contribution in [0.3, 0.4) is 0 Å². The van der Waals surface area contributed by atoms with Crippen LogP contribution in [0.4, 0.5) is 0 Å². The average molecular weight is 284 g/mol. The Morgan fingerprint density at radius 2 is 2.00 bits per heavy atom. The van der Waals surface area contributed by atoms with Gasteiger partial charge in [0.15, 0.2) is 0 Å². The summed E-state index contributed by atoms with van der Waals surface area (Å²) >= 11 is 4.68. The highest BCUT2D eigenvalue weighted by atomic mass is 79.9. The molecule has 1 heterocycles. The van der Waals surface area contributed by atoms with E-state index in [4.69, 9.17) is 0 Å². The number of nitrogens with one attached hydrogen (secondary N) is 1. The van der Waals surface area contributed by atoms with Crippen LogP contribution in [0.2, 0.25) is 0 Å². The Morgan fingerprint density at radius 1 is 1.33 bits per heavy atom. The Bertz CT molecular complexity index is 512. The summed E-state index contributed by atoms with van der Waals surface area (Å²) in [5.41, 5.74) is 2.02. The SMILES string of the molecule is CCc1sc(=O)[nH]c1-c1ccc(Br)cc1. The van der Waals surface area contributed by atoms with Gasteiger partial charge in [-0.25, -0.2) is 0 Å². The van der Waals surface area contributed by atoms with Crippen molar-refractivity contribution in [2.24, 2.45) is 0 Å². The molecule has 2 aromatic rings. The molecule has 15 heavy (non-hydrogen) atoms. The minimum Gasteiger partial charge on any atom is -0.312 e. The van der Waals surface area contributed by atoms with Crippen LogP contribution in [0.5, 0.6) is 0 Å². The van der Waals surface area contributed by atoms with Gasteiger partial charge in [-0.3, -0.25) is 4.79 Å². The Kier molecular flexibility index (Phi) is 3.07. The van der Waals surface area contributed by atoms with Crippen LogP contribution in [-0.2, 0) is 6.42 Å². The van der Waals surface area contributed by atoms with Crippen molar-refractivity contribution in [3.63, 3.8) is 0 Å². The Morgan fingerprint density at radius 3 is 2.60 bits per heavy atom. The second-order valence-electron chi connectivity index (χ2n) is 3.17. The van der Waals surface area contributed by atoms with E-state index < -0.39 is 0 Å². The number of hydrogen-bond acceptors (Lipinski definition) is 2. The number of rotatable bonds is 2. The summed E-state index contributed by atoms with van der Waals surface area (Å²) in [6.45, 7) is 2.06. The van der Waals surface area contributed by atoms with Crippen LogP contribution in [0.25, 0.3) is 11.3 Å². The van der Waals surface area contributed by atoms with Gasteiger partial charge in [-0.15, -0.1) is 0 Å². The van der Waals surface area contributed by atoms with Gasteiger partial charge in [0, 0.05) is 9.35 Å². The Balaban J connectivity index is 2.53. The molecule has 0 atom stereocenters. The van der Waals surface area contributed by atoms with Crippen molar-refractivity contribution in [1.82, 2.24) is 4.98 Å². The second-order valence-corrected chi connectivity index (χ2v) is 5.16. The predicted molar refractivity (Wildman–Crippen MR) is 67.5 cm³/mol. The van der Waals surface area contributed by atoms with E-state index in [0.717, 1.165) is 27.0 Å². The van der Waals surface area contributed by atoms with E-state index in [-0.39, 0.29) is 4.87 Å². The maximum Gasteiger partial charge on any atom is 0.305 e. The van der Waals surface area contributed by atoms with Gasteiger partial charge in [-0.1, -0.05) is 46.3 Å². The highest BCUT2D eigenvalue weighted by molar-refractivity contribution is 9.10. The third-order valence-corrected chi connectivity index (χ3v) is 3.73. The predicted octanol–water partition coefficient (Wildman–Crippen LogP) is 3.43. The van der Waals surface area contributed by atoms with Gasteiger partial charge < -0.3 is 4.98 Å². The van der Waals surface area contributed by atoms with Crippen molar-refractivity contribution < 1.29 is 0 Å². The lowest BCUT2D eigenvalue weighted by atomic mass is 10.1. The van der Waals surface area contributed by atoms with Gasteiger partial charge in [0.1, 0.15) is 0 Å². The van der Waals surface area contributed by atoms with Crippen molar-refractivity contribution in [2.45, 2.75) is 13.3 Å². The highest BCUT2D eigenvalue weighted by Crippen LogP contribution is 2.24. The van der Waals surface area contributed by atoms with Crippen LogP contribution in [0.1, 0.15) is 11.8 Å². The standard InChI is InChI=1S/C11H10BrNOS/c1-2-9-10(13-11(14)15-9)7-3-5-8(12)6-4-7/h3-6H,2H2,1H3,(H,13,14). The van der Waals surface area contributed by atoms with E-state index >= 15 is 0 Å². The fraction of sp³-hybridized carbons (Fsp3) is 0.182. The molecule has 78 valence electrons. The first-order valence-corrected chi connectivity index (χ1v) is 6.29. The lowest BCUT2D eigenvalue weighted by molar-refractivity contribution is 1.17. The number of aromatic nitrogens is 1. The monoisotopic (exact) mass is 283 g/mol. The van der Waals surface area contributed by atoms with Crippen molar-refractivity contribution in [3.8, 4) is 11.3 Å². The lowest BCUT2D eigenvalue weighted by Crippen LogP contribution is -1.92. The number of halogens is 1. The maximum absolute atomic E-state index is 11.3. The van der Waals surface area contributed by atoms with Gasteiger partial charge in [-0.2, -0.15) is 0 Å². The topological polar surface area (TPSA) is 32.9 Å². The quantitative estimate of drug-likeness (QED) is 0.900. The van der Waals surface area contributed by atoms with Gasteiger partial charge >= 0.3 is 4.87 Å². The van der Waals surface area contributed by atoms with Gasteiger partial charge in [0.05, 0.1) is 5.69 Å². The van der Waals surface area contributed by atoms with E-state index in [1.54, 1.807) is 0 Å². The maximum atomic E-state index is 11.3. The normalized spacial score (nSPS) is 10.5. The molecule has 0 aliphatic carbocycles. The number of hydrogen-bond donors (Lipinski definition) is 1. The summed E-state index contributed by atoms with van der Waals surface area (Å²) < 4.78 is 1.04. The molecule has 0 saturated heterocycles. The zero-order valence-corrected chi connectivity index (χ0v) is 10.6. The molecule has 1 aromatic carbocycles. The third-order valence-electron chi connectivity index (χ3n) is 2.18. The Labute approximate surface area is 100 Å². The molecule has 4 heteroatoms. The molecule has 0 aliphatic heterocycles. The van der Waals surface area contributed by atoms with E-state index in [2.05, 4.69) is 27.8 Å². The first-order chi connectivity index (χ1) is 7.20. The molecule has 2 nitrogen and oxygen atoms in total. The molecule has 0 unspecified atom stereocenters. The zero-order chi connectivity index (χ0) is 10.8. The summed E-state index contributed by atoms with van der Waals surface area (Å²) in [7, 11) is 0. The van der Waals surface area contributed by atoms with Crippen LogP contribution < -0.4 is 4.87 Å². The van der Waals surface area contributed by atoms with Crippen molar-refractivity contribution >= 4 is 27.3 Å². The molecule has 1 aromatic heterocycles. The summed E-state index contributed by atoms with van der Waals surface area (Å²) in [4.78, 5) is 15.3. The van der Waals surface area contributed by atoms with E-state index in [1.165, 1.54) is 11.3 Å². The zero-order valence-electron chi connectivity index (χ0n) is 8.21. The highest BCUT2D eigenvalue weighted by Gasteiger charge is 2.07. The third kappa shape index (κ3) is 2.21. The summed E-state index contributed by atoms with van der Waals surface area (Å²) in [6, 6.07) is 7.96. The van der Waals surface area contributed by atoms with Crippen molar-refractivity contribution in [3.05, 3.63) is 43.3 Å². The Hall–Kier alpha value is -0.870. The average Bonchev–Trinajstić information content (AvgIpc) is 2.61. The molecule has 0 saturated carbocycles. The summed E-state index contributed by atoms with van der Waals surface area (Å²) in [6.07, 6.45) is 0.884. The van der Waals surface area contributed by atoms with Crippen molar-refractivity contribution in [1.29, 1.82) is 0 Å². The second kappa shape index (κ2) is 4.33. The van der Waals surface area contributed by atoms with Crippen LogP contribution in [0.15, 0.2) is 33.5 Å². The molecule has 0 radical (unpaired) electrons. The first kappa shape index (κ1) is 10.6. The molecule has 0 spiro atoms. The van der Waals surface area contributed by atoms with Crippen LogP contribution in [0, 0.1) is 0 Å². The van der Waals surface area contributed by atoms with Crippen LogP contribution >= 0.6 is 27.3 Å². The number of H-pyrrole nitrogens is 1. The summed E-state index contributed by atoms with van der Waals surface area (Å²) in [5, 5.41) is 0. The van der Waals surface area contributed by atoms with E-state index in [9.17, 15) is 4.79 Å².